The van der Waals surface area contributed by atoms with Gasteiger partial charge in [0.25, 0.3) is 0 Å². The predicted molar refractivity (Wildman–Crippen MR) is 138 cm³/mol. The lowest BCUT2D eigenvalue weighted by molar-refractivity contribution is -0.139. The van der Waals surface area contributed by atoms with Gasteiger partial charge in [0.05, 0.1) is 33.0 Å². The summed E-state index contributed by atoms with van der Waals surface area (Å²) in [7, 11) is -3.55. The van der Waals surface area contributed by atoms with Gasteiger partial charge in [-0.05, 0) is 46.0 Å². The molecule has 9 heteroatoms. The number of unbranched alkanes of at least 4 members (excludes halogenated alkanes) is 9. The third kappa shape index (κ3) is 20.4. The lowest BCUT2D eigenvalue weighted by Crippen LogP contribution is -2.06. The van der Waals surface area contributed by atoms with E-state index in [0.29, 0.717) is 44.2 Å². The molecule has 0 N–H and O–H groups in total. The lowest BCUT2D eigenvalue weighted by Gasteiger charge is -2.18. The molecule has 0 saturated carbocycles. The van der Waals surface area contributed by atoms with Gasteiger partial charge in [0.15, 0.2) is 0 Å². The maximum Gasteiger partial charge on any atom is 0.474 e. The van der Waals surface area contributed by atoms with Gasteiger partial charge < -0.3 is 9.47 Å². The van der Waals surface area contributed by atoms with Gasteiger partial charge in [-0.3, -0.25) is 13.6 Å². The van der Waals surface area contributed by atoms with Crippen LogP contribution in [0.15, 0.2) is 24.3 Å². The maximum absolute atomic E-state index is 12.9. The number of phosphoric ester groups is 1. The quantitative estimate of drug-likeness (QED) is 0.0578. The molecule has 0 aromatic carbocycles. The van der Waals surface area contributed by atoms with Crippen LogP contribution in [0.25, 0.3) is 0 Å². The molecule has 0 aliphatic rings. The highest BCUT2D eigenvalue weighted by Crippen LogP contribution is 2.49. The Labute approximate surface area is 212 Å². The zero-order valence-electron chi connectivity index (χ0n) is 22.1. The molecular formula is C26H47O8P. The number of carbonyl (C=O) groups excluding carboxylic acids is 2. The minimum absolute atomic E-state index is 0.316. The Kier molecular flexibility index (Phi) is 20.9. The Morgan fingerprint density at radius 2 is 0.886 bits per heavy atom. The molecule has 8 nitrogen and oxygen atoms in total. The van der Waals surface area contributed by atoms with Crippen molar-refractivity contribution in [3.05, 3.63) is 24.3 Å². The summed E-state index contributed by atoms with van der Waals surface area (Å²) in [6, 6.07) is 0. The molecule has 0 amide bonds. The van der Waals surface area contributed by atoms with Crippen molar-refractivity contribution >= 4 is 19.8 Å². The molecule has 0 aromatic heterocycles. The largest absolute Gasteiger partial charge is 0.474 e. The fourth-order valence-electron chi connectivity index (χ4n) is 2.83. The van der Waals surface area contributed by atoms with Crippen molar-refractivity contribution in [3.63, 3.8) is 0 Å². The molecule has 0 heterocycles. The molecule has 0 radical (unpaired) electrons. The number of rotatable bonds is 24. The number of carbonyl (C=O) groups is 2. The summed E-state index contributed by atoms with van der Waals surface area (Å²) in [4.78, 5) is 22.6. The topological polar surface area (TPSA) is 97.4 Å². The monoisotopic (exact) mass is 518 g/mol. The molecule has 0 saturated heterocycles. The molecule has 0 aliphatic carbocycles. The predicted octanol–water partition coefficient (Wildman–Crippen LogP) is 7.08. The summed E-state index contributed by atoms with van der Waals surface area (Å²) in [5.74, 6) is -0.697. The number of esters is 2. The number of hydrogen-bond donors (Lipinski definition) is 0. The SMILES string of the molecule is C=C(C)C(=O)OCCCCCCCOP(=O)(OCCCC)OCCCCCCCOC(=O)C(=C)C. The minimum Gasteiger partial charge on any atom is -0.462 e. The average Bonchev–Trinajstić information content (AvgIpc) is 2.81. The van der Waals surface area contributed by atoms with E-state index in [0.717, 1.165) is 77.0 Å². The van der Waals surface area contributed by atoms with Crippen LogP contribution in [0.4, 0.5) is 0 Å². The molecular weight excluding hydrogens is 471 g/mol. The summed E-state index contributed by atoms with van der Waals surface area (Å²) in [6.07, 6.45) is 10.5. The van der Waals surface area contributed by atoms with Crippen LogP contribution in [0, 0.1) is 0 Å². The van der Waals surface area contributed by atoms with E-state index in [1.54, 1.807) is 13.8 Å². The smallest absolute Gasteiger partial charge is 0.462 e. The highest BCUT2D eigenvalue weighted by molar-refractivity contribution is 7.48. The van der Waals surface area contributed by atoms with Crippen LogP contribution in [-0.4, -0.2) is 45.0 Å². The fraction of sp³-hybridized carbons (Fsp3) is 0.769. The van der Waals surface area contributed by atoms with Crippen LogP contribution in [-0.2, 0) is 37.2 Å². The minimum atomic E-state index is -3.55. The molecule has 204 valence electrons. The van der Waals surface area contributed by atoms with E-state index in [-0.39, 0.29) is 11.9 Å². The molecule has 0 bridgehead atoms. The maximum atomic E-state index is 12.9. The summed E-state index contributed by atoms with van der Waals surface area (Å²) in [5.41, 5.74) is 0.822. The Morgan fingerprint density at radius 3 is 1.23 bits per heavy atom. The Hall–Kier alpha value is -1.47. The number of hydrogen-bond acceptors (Lipinski definition) is 8. The summed E-state index contributed by atoms with van der Waals surface area (Å²) in [5, 5.41) is 0. The first-order valence-corrected chi connectivity index (χ1v) is 14.4. The van der Waals surface area contributed by atoms with Gasteiger partial charge in [-0.15, -0.1) is 0 Å². The summed E-state index contributed by atoms with van der Waals surface area (Å²) >= 11 is 0. The second-order valence-electron chi connectivity index (χ2n) is 8.67. The second-order valence-corrected chi connectivity index (χ2v) is 10.3. The lowest BCUT2D eigenvalue weighted by atomic mass is 10.1. The van der Waals surface area contributed by atoms with Crippen molar-refractivity contribution in [2.45, 2.75) is 97.8 Å². The Morgan fingerprint density at radius 1 is 0.571 bits per heavy atom. The van der Waals surface area contributed by atoms with Crippen LogP contribution in [0.3, 0.4) is 0 Å². The van der Waals surface area contributed by atoms with Gasteiger partial charge in [0.1, 0.15) is 0 Å². The summed E-state index contributed by atoms with van der Waals surface area (Å²) in [6.45, 7) is 14.2. The van der Waals surface area contributed by atoms with Gasteiger partial charge in [0.2, 0.25) is 0 Å². The Bertz CT molecular complexity index is 614. The standard InChI is InChI=1S/C26H47O8P/c1-6-7-20-32-35(29,33-21-16-12-8-10-14-18-30-25(27)23(2)3)34-22-17-13-9-11-15-19-31-26(28)24(4)5/h2,4,6-22H2,1,3,5H3. The molecule has 0 rings (SSSR count). The van der Waals surface area contributed by atoms with E-state index < -0.39 is 7.82 Å². The van der Waals surface area contributed by atoms with E-state index in [1.807, 2.05) is 6.92 Å². The summed E-state index contributed by atoms with van der Waals surface area (Å²) < 4.78 is 39.6. The van der Waals surface area contributed by atoms with E-state index in [1.165, 1.54) is 0 Å². The first-order chi connectivity index (χ1) is 16.7. The van der Waals surface area contributed by atoms with Crippen LogP contribution in [0.2, 0.25) is 0 Å². The fourth-order valence-corrected chi connectivity index (χ4v) is 4.11. The van der Waals surface area contributed by atoms with Gasteiger partial charge in [-0.2, -0.15) is 0 Å². The average molecular weight is 519 g/mol. The molecule has 0 aromatic rings. The van der Waals surface area contributed by atoms with Crippen molar-refractivity contribution in [2.75, 3.05) is 33.0 Å². The van der Waals surface area contributed by atoms with Gasteiger partial charge in [0, 0.05) is 11.1 Å². The highest BCUT2D eigenvalue weighted by atomic mass is 31.2. The second kappa shape index (κ2) is 21.8. The third-order valence-electron chi connectivity index (χ3n) is 4.99. The van der Waals surface area contributed by atoms with Crippen molar-refractivity contribution in [1.82, 2.24) is 0 Å². The van der Waals surface area contributed by atoms with E-state index in [9.17, 15) is 14.2 Å². The van der Waals surface area contributed by atoms with Crippen LogP contribution < -0.4 is 0 Å². The molecule has 0 atom stereocenters. The highest BCUT2D eigenvalue weighted by Gasteiger charge is 2.26. The first-order valence-electron chi connectivity index (χ1n) is 12.9. The van der Waals surface area contributed by atoms with Crippen LogP contribution in [0.1, 0.15) is 97.8 Å². The number of ether oxygens (including phenoxy) is 2. The van der Waals surface area contributed by atoms with Crippen molar-refractivity contribution < 1.29 is 37.2 Å². The first kappa shape index (κ1) is 33.5. The van der Waals surface area contributed by atoms with E-state index in [2.05, 4.69) is 13.2 Å². The molecule has 0 fully saturated rings. The van der Waals surface area contributed by atoms with Crippen molar-refractivity contribution in [1.29, 1.82) is 0 Å². The van der Waals surface area contributed by atoms with Crippen LogP contribution in [0.5, 0.6) is 0 Å². The molecule has 0 spiro atoms. The molecule has 0 aliphatic heterocycles. The van der Waals surface area contributed by atoms with Gasteiger partial charge in [-0.1, -0.05) is 65.0 Å². The van der Waals surface area contributed by atoms with Crippen molar-refractivity contribution in [2.24, 2.45) is 0 Å². The van der Waals surface area contributed by atoms with Crippen LogP contribution >= 0.6 is 7.82 Å². The Balaban J connectivity index is 3.95. The van der Waals surface area contributed by atoms with Gasteiger partial charge >= 0.3 is 19.8 Å². The third-order valence-corrected chi connectivity index (χ3v) is 6.48. The molecule has 0 unspecified atom stereocenters. The molecule has 35 heavy (non-hydrogen) atoms. The zero-order valence-corrected chi connectivity index (χ0v) is 23.0. The normalized spacial score (nSPS) is 11.3. The number of phosphoric acid groups is 1. The van der Waals surface area contributed by atoms with E-state index >= 15 is 0 Å². The van der Waals surface area contributed by atoms with E-state index in [4.69, 9.17) is 23.0 Å². The zero-order chi connectivity index (χ0) is 26.4. The van der Waals surface area contributed by atoms with Crippen molar-refractivity contribution in [3.8, 4) is 0 Å². The van der Waals surface area contributed by atoms with Gasteiger partial charge in [-0.25, -0.2) is 14.2 Å².